The van der Waals surface area contributed by atoms with Crippen LogP contribution in [0.5, 0.6) is 0 Å². The van der Waals surface area contributed by atoms with Gasteiger partial charge in [0.05, 0.1) is 0 Å². The van der Waals surface area contributed by atoms with Crippen LogP contribution in [0.1, 0.15) is 11.7 Å². The molecule has 5 nitrogen and oxygen atoms in total. The van der Waals surface area contributed by atoms with Gasteiger partial charge >= 0.3 is 0 Å². The van der Waals surface area contributed by atoms with Crippen molar-refractivity contribution in [1.82, 2.24) is 0 Å². The van der Waals surface area contributed by atoms with Gasteiger partial charge in [-0.2, -0.15) is 4.99 Å². The third kappa shape index (κ3) is 2.55. The van der Waals surface area contributed by atoms with Crippen molar-refractivity contribution in [3.8, 4) is 0 Å². The van der Waals surface area contributed by atoms with Crippen LogP contribution in [0, 0.1) is 5.82 Å². The van der Waals surface area contributed by atoms with Gasteiger partial charge in [0.2, 0.25) is 11.9 Å². The van der Waals surface area contributed by atoms with Crippen LogP contribution in [0.15, 0.2) is 64.6 Å². The van der Waals surface area contributed by atoms with Crippen molar-refractivity contribution in [1.29, 1.82) is 0 Å². The average molecular weight is 283 g/mol. The quantitative estimate of drug-likeness (QED) is 0.884. The summed E-state index contributed by atoms with van der Waals surface area (Å²) in [4.78, 5) is 10.0. The van der Waals surface area contributed by atoms with E-state index in [-0.39, 0.29) is 17.7 Å². The minimum Gasteiger partial charge on any atom is -0.369 e. The van der Waals surface area contributed by atoms with Gasteiger partial charge in [0, 0.05) is 5.69 Å². The van der Waals surface area contributed by atoms with Gasteiger partial charge in [-0.05, 0) is 29.8 Å². The third-order valence-electron chi connectivity index (χ3n) is 3.18. The lowest BCUT2D eigenvalue weighted by atomic mass is 10.1. The maximum atomic E-state index is 13.1. The fourth-order valence-electron chi connectivity index (χ4n) is 2.23. The van der Waals surface area contributed by atoms with Crippen LogP contribution in [-0.2, 0) is 0 Å². The Balaban J connectivity index is 2.07. The molecule has 6 heteroatoms. The Hall–Kier alpha value is -2.89. The number of anilines is 1. The fraction of sp³-hybridized carbons (Fsp3) is 0.0667. The summed E-state index contributed by atoms with van der Waals surface area (Å²) in [6.45, 7) is 0. The number of rotatable bonds is 2. The molecule has 0 fully saturated rings. The van der Waals surface area contributed by atoms with Crippen molar-refractivity contribution in [3.63, 3.8) is 0 Å². The van der Waals surface area contributed by atoms with E-state index >= 15 is 0 Å². The topological polar surface area (TPSA) is 80.0 Å². The Bertz CT molecular complexity index is 694. The lowest BCUT2D eigenvalue weighted by Gasteiger charge is -2.32. The molecule has 0 bridgehead atoms. The first-order chi connectivity index (χ1) is 10.1. The molecule has 0 amide bonds. The van der Waals surface area contributed by atoms with Crippen LogP contribution >= 0.6 is 0 Å². The van der Waals surface area contributed by atoms with E-state index in [2.05, 4.69) is 9.98 Å². The summed E-state index contributed by atoms with van der Waals surface area (Å²) < 4.78 is 13.1. The maximum absolute atomic E-state index is 13.1. The molecule has 0 saturated heterocycles. The van der Waals surface area contributed by atoms with E-state index in [0.29, 0.717) is 5.69 Å². The molecule has 1 unspecified atom stereocenters. The van der Waals surface area contributed by atoms with Crippen LogP contribution in [0.4, 0.5) is 10.1 Å². The second-order valence-corrected chi connectivity index (χ2v) is 4.59. The Kier molecular flexibility index (Phi) is 3.27. The highest BCUT2D eigenvalue weighted by Crippen LogP contribution is 2.30. The summed E-state index contributed by atoms with van der Waals surface area (Å²) in [5.74, 6) is 0.0354. The molecule has 1 aliphatic heterocycles. The zero-order valence-electron chi connectivity index (χ0n) is 11.1. The van der Waals surface area contributed by atoms with E-state index in [0.717, 1.165) is 5.56 Å². The molecule has 0 radical (unpaired) electrons. The van der Waals surface area contributed by atoms with E-state index in [9.17, 15) is 4.39 Å². The number of benzene rings is 2. The van der Waals surface area contributed by atoms with Crippen molar-refractivity contribution < 1.29 is 4.39 Å². The number of hydrogen-bond donors (Lipinski definition) is 2. The predicted octanol–water partition coefficient (Wildman–Crippen LogP) is 1.97. The molecule has 106 valence electrons. The first kappa shape index (κ1) is 13.1. The second-order valence-electron chi connectivity index (χ2n) is 4.59. The van der Waals surface area contributed by atoms with Crippen LogP contribution in [0.3, 0.4) is 0 Å². The molecular formula is C15H14FN5. The number of hydrogen-bond acceptors (Lipinski definition) is 5. The zero-order valence-corrected chi connectivity index (χ0v) is 11.1. The Morgan fingerprint density at radius 2 is 1.62 bits per heavy atom. The highest BCUT2D eigenvalue weighted by Gasteiger charge is 2.27. The van der Waals surface area contributed by atoms with Crippen molar-refractivity contribution in [2.75, 3.05) is 4.90 Å². The Morgan fingerprint density at radius 3 is 2.29 bits per heavy atom. The summed E-state index contributed by atoms with van der Waals surface area (Å²) in [7, 11) is 0. The number of aliphatic imine (C=N–C) groups is 2. The van der Waals surface area contributed by atoms with Crippen LogP contribution < -0.4 is 16.4 Å². The molecule has 0 saturated carbocycles. The van der Waals surface area contributed by atoms with Gasteiger partial charge < -0.3 is 11.5 Å². The monoisotopic (exact) mass is 283 g/mol. The van der Waals surface area contributed by atoms with Gasteiger partial charge in [0.25, 0.3) is 0 Å². The van der Waals surface area contributed by atoms with Gasteiger partial charge in [-0.25, -0.2) is 9.38 Å². The Labute approximate surface area is 121 Å². The highest BCUT2D eigenvalue weighted by atomic mass is 19.1. The summed E-state index contributed by atoms with van der Waals surface area (Å²) in [6.07, 6.45) is -0.422. The number of nitrogens with two attached hydrogens (primary N) is 2. The number of guanidine groups is 2. The first-order valence-electron chi connectivity index (χ1n) is 6.42. The zero-order chi connectivity index (χ0) is 14.8. The minimum atomic E-state index is -0.422. The molecule has 4 N–H and O–H groups in total. The molecule has 1 heterocycles. The van der Waals surface area contributed by atoms with Crippen molar-refractivity contribution in [3.05, 3.63) is 66.0 Å². The van der Waals surface area contributed by atoms with E-state index in [1.807, 2.05) is 30.3 Å². The van der Waals surface area contributed by atoms with E-state index < -0.39 is 6.17 Å². The molecule has 0 aromatic heterocycles. The molecule has 1 aliphatic rings. The van der Waals surface area contributed by atoms with Crippen LogP contribution in [0.2, 0.25) is 0 Å². The van der Waals surface area contributed by atoms with E-state index in [1.54, 1.807) is 17.0 Å². The van der Waals surface area contributed by atoms with Gasteiger partial charge in [0.15, 0.2) is 6.17 Å². The van der Waals surface area contributed by atoms with Crippen LogP contribution in [-0.4, -0.2) is 11.9 Å². The maximum Gasteiger partial charge on any atom is 0.221 e. The summed E-state index contributed by atoms with van der Waals surface area (Å²) in [6, 6.07) is 15.6. The number of halogens is 1. The lowest BCUT2D eigenvalue weighted by molar-refractivity contribution is 0.627. The molecule has 21 heavy (non-hydrogen) atoms. The molecule has 2 aromatic rings. The van der Waals surface area contributed by atoms with Crippen molar-refractivity contribution in [2.24, 2.45) is 21.5 Å². The van der Waals surface area contributed by atoms with Gasteiger partial charge in [0.1, 0.15) is 5.82 Å². The predicted molar refractivity (Wildman–Crippen MR) is 81.3 cm³/mol. The van der Waals surface area contributed by atoms with Crippen molar-refractivity contribution in [2.45, 2.75) is 6.17 Å². The van der Waals surface area contributed by atoms with Gasteiger partial charge in [-0.15, -0.1) is 0 Å². The molecular weight excluding hydrogens is 269 g/mol. The Morgan fingerprint density at radius 1 is 0.952 bits per heavy atom. The normalized spacial score (nSPS) is 18.1. The molecule has 2 aromatic carbocycles. The molecule has 0 spiro atoms. The van der Waals surface area contributed by atoms with Crippen LogP contribution in [0.25, 0.3) is 0 Å². The van der Waals surface area contributed by atoms with E-state index in [1.165, 1.54) is 12.1 Å². The summed E-state index contributed by atoms with van der Waals surface area (Å²) in [5, 5.41) is 0. The minimum absolute atomic E-state index is 0.125. The van der Waals surface area contributed by atoms with E-state index in [4.69, 9.17) is 11.5 Å². The average Bonchev–Trinajstić information content (AvgIpc) is 2.49. The second kappa shape index (κ2) is 5.24. The van der Waals surface area contributed by atoms with Gasteiger partial charge in [-0.3, -0.25) is 4.90 Å². The fourth-order valence-corrected chi connectivity index (χ4v) is 2.23. The number of nitrogens with zero attached hydrogens (tertiary/aromatic N) is 3. The van der Waals surface area contributed by atoms with Crippen molar-refractivity contribution >= 4 is 17.6 Å². The molecule has 0 aliphatic carbocycles. The third-order valence-corrected chi connectivity index (χ3v) is 3.18. The summed E-state index contributed by atoms with van der Waals surface area (Å²) in [5.41, 5.74) is 13.3. The highest BCUT2D eigenvalue weighted by molar-refractivity contribution is 6.04. The SMILES string of the molecule is NC1=NC(c2ccccc2)N(c2ccc(F)cc2)C(N)=N1. The summed E-state index contributed by atoms with van der Waals surface area (Å²) >= 11 is 0. The van der Waals surface area contributed by atoms with Gasteiger partial charge in [-0.1, -0.05) is 30.3 Å². The lowest BCUT2D eigenvalue weighted by Crippen LogP contribution is -2.44. The first-order valence-corrected chi connectivity index (χ1v) is 6.42. The standard InChI is InChI=1S/C15H14FN5/c16-11-6-8-12(9-7-11)21-13(10-4-2-1-3-5-10)19-14(17)20-15(21)18/h1-9,13H,(H4,17,18,19,20). The molecule has 3 rings (SSSR count). The molecule has 1 atom stereocenters. The smallest absolute Gasteiger partial charge is 0.221 e. The largest absolute Gasteiger partial charge is 0.369 e.